The van der Waals surface area contributed by atoms with E-state index in [2.05, 4.69) is 0 Å². The zero-order valence-electron chi connectivity index (χ0n) is 13.0. The molecule has 1 aromatic rings. The van der Waals surface area contributed by atoms with Crippen LogP contribution in [0.15, 0.2) is 23.1 Å². The fraction of sp³-hybridized carbons (Fsp3) is 0.462. The third-order valence-electron chi connectivity index (χ3n) is 3.30. The Morgan fingerprint density at radius 2 is 1.87 bits per heavy atom. The molecule has 0 aliphatic carbocycles. The van der Waals surface area contributed by atoms with Crippen molar-refractivity contribution in [1.82, 2.24) is 9.21 Å². The number of carbonyl (C=O) groups is 1. The number of benzene rings is 1. The number of nitrogens with zero attached hydrogens (tertiary/aromatic N) is 3. The van der Waals surface area contributed by atoms with Gasteiger partial charge >= 0.3 is 5.69 Å². The van der Waals surface area contributed by atoms with Crippen molar-refractivity contribution < 1.29 is 22.5 Å². The molecule has 0 radical (unpaired) electrons. The highest BCUT2D eigenvalue weighted by Gasteiger charge is 2.27. The van der Waals surface area contributed by atoms with Crippen molar-refractivity contribution in [3.05, 3.63) is 34.1 Å². The normalized spacial score (nSPS) is 11.5. The van der Waals surface area contributed by atoms with Crippen molar-refractivity contribution in [3.8, 4) is 0 Å². The highest BCUT2D eigenvalue weighted by atomic mass is 32.2. The molecule has 128 valence electrons. The summed E-state index contributed by atoms with van der Waals surface area (Å²) in [6.45, 7) is 3.99. The van der Waals surface area contributed by atoms with Gasteiger partial charge in [-0.3, -0.25) is 14.9 Å². The second-order valence-electron chi connectivity index (χ2n) is 4.70. The molecule has 1 aromatic carbocycles. The Morgan fingerprint density at radius 1 is 1.30 bits per heavy atom. The maximum Gasteiger partial charge on any atom is 0.306 e. The van der Waals surface area contributed by atoms with E-state index in [9.17, 15) is 27.7 Å². The molecule has 0 unspecified atom stereocenters. The summed E-state index contributed by atoms with van der Waals surface area (Å²) in [6.07, 6.45) is 0. The Hall–Kier alpha value is -2.07. The van der Waals surface area contributed by atoms with Crippen molar-refractivity contribution in [3.63, 3.8) is 0 Å². The van der Waals surface area contributed by atoms with Gasteiger partial charge in [-0.1, -0.05) is 0 Å². The van der Waals surface area contributed by atoms with Gasteiger partial charge in [-0.25, -0.2) is 8.42 Å². The first-order chi connectivity index (χ1) is 10.6. The van der Waals surface area contributed by atoms with Gasteiger partial charge in [0.15, 0.2) is 0 Å². The predicted octanol–water partition coefficient (Wildman–Crippen LogP) is 1.22. The third-order valence-corrected chi connectivity index (χ3v) is 5.10. The average molecular weight is 347 g/mol. The van der Waals surface area contributed by atoms with Crippen LogP contribution in [0.4, 0.5) is 10.1 Å². The number of carbonyl (C=O) groups excluding carboxylic acids is 1. The summed E-state index contributed by atoms with van der Waals surface area (Å²) in [7, 11) is -2.96. The Kier molecular flexibility index (Phi) is 6.16. The fourth-order valence-corrected chi connectivity index (χ4v) is 3.07. The van der Waals surface area contributed by atoms with Crippen molar-refractivity contribution >= 4 is 21.6 Å². The van der Waals surface area contributed by atoms with E-state index in [-0.39, 0.29) is 0 Å². The summed E-state index contributed by atoms with van der Waals surface area (Å²) in [6, 6.07) is 2.28. The number of hydrogen-bond acceptors (Lipinski definition) is 5. The van der Waals surface area contributed by atoms with Gasteiger partial charge in [0.25, 0.3) is 0 Å². The molecule has 1 amide bonds. The second-order valence-corrected chi connectivity index (χ2v) is 6.74. The van der Waals surface area contributed by atoms with Gasteiger partial charge in [-0.15, -0.1) is 0 Å². The standard InChI is InChI=1S/C13H18FN3O5S/c1-4-16(5-2)13(18)9-15(3)23(21,22)10-6-7-11(14)12(8-10)17(19)20/h6-8H,4-5,9H2,1-3H3. The van der Waals surface area contributed by atoms with Crippen LogP contribution in [0.1, 0.15) is 13.8 Å². The second kappa shape index (κ2) is 7.47. The molecule has 10 heteroatoms. The van der Waals surface area contributed by atoms with Gasteiger partial charge in [0, 0.05) is 26.2 Å². The quantitative estimate of drug-likeness (QED) is 0.545. The Morgan fingerprint density at radius 3 is 2.35 bits per heavy atom. The van der Waals surface area contributed by atoms with Gasteiger partial charge in [0.05, 0.1) is 16.4 Å². The maximum absolute atomic E-state index is 13.3. The number of nitro benzene ring substituents is 1. The molecule has 0 fully saturated rings. The lowest BCUT2D eigenvalue weighted by Crippen LogP contribution is -2.41. The van der Waals surface area contributed by atoms with Crippen molar-refractivity contribution in [2.45, 2.75) is 18.7 Å². The first kappa shape index (κ1) is 19.0. The van der Waals surface area contributed by atoms with Crippen LogP contribution in [-0.2, 0) is 14.8 Å². The summed E-state index contributed by atoms with van der Waals surface area (Å²) in [5.74, 6) is -1.52. The van der Waals surface area contributed by atoms with E-state index in [1.54, 1.807) is 13.8 Å². The lowest BCUT2D eigenvalue weighted by molar-refractivity contribution is -0.387. The molecule has 1 rings (SSSR count). The Bertz CT molecular complexity index is 704. The minimum absolute atomic E-state index is 0.391. The van der Waals surface area contributed by atoms with Gasteiger partial charge in [-0.2, -0.15) is 8.70 Å². The van der Waals surface area contributed by atoms with Gasteiger partial charge < -0.3 is 4.90 Å². The third kappa shape index (κ3) is 4.23. The van der Waals surface area contributed by atoms with E-state index in [4.69, 9.17) is 0 Å². The number of likely N-dealkylation sites (N-methyl/N-ethyl adjacent to an activating group) is 2. The van der Waals surface area contributed by atoms with E-state index in [0.29, 0.717) is 25.2 Å². The van der Waals surface area contributed by atoms with E-state index in [0.717, 1.165) is 10.4 Å². The maximum atomic E-state index is 13.3. The number of amides is 1. The number of rotatable bonds is 7. The predicted molar refractivity (Wildman–Crippen MR) is 80.8 cm³/mol. The van der Waals surface area contributed by atoms with Crippen molar-refractivity contribution in [2.75, 3.05) is 26.7 Å². The molecule has 0 aliphatic rings. The molecule has 0 heterocycles. The van der Waals surface area contributed by atoms with Crippen LogP contribution in [0.5, 0.6) is 0 Å². The van der Waals surface area contributed by atoms with Crippen LogP contribution in [0.3, 0.4) is 0 Å². The van der Waals surface area contributed by atoms with Gasteiger partial charge in [0.2, 0.25) is 21.7 Å². The molecule has 23 heavy (non-hydrogen) atoms. The van der Waals surface area contributed by atoms with E-state index in [1.165, 1.54) is 11.9 Å². The topological polar surface area (TPSA) is 101 Å². The molecule has 0 N–H and O–H groups in total. The molecule has 0 saturated heterocycles. The smallest absolute Gasteiger partial charge is 0.306 e. The summed E-state index contributed by atoms with van der Waals surface area (Å²) in [4.78, 5) is 22.7. The molecule has 0 bridgehead atoms. The lowest BCUT2D eigenvalue weighted by Gasteiger charge is -2.22. The SMILES string of the molecule is CCN(CC)C(=O)CN(C)S(=O)(=O)c1ccc(F)c([N+](=O)[O-])c1. The van der Waals surface area contributed by atoms with Gasteiger partial charge in [-0.05, 0) is 26.0 Å². The van der Waals surface area contributed by atoms with E-state index in [1.807, 2.05) is 0 Å². The minimum Gasteiger partial charge on any atom is -0.342 e. The van der Waals surface area contributed by atoms with Crippen LogP contribution in [0.25, 0.3) is 0 Å². The monoisotopic (exact) mass is 347 g/mol. The van der Waals surface area contributed by atoms with Crippen LogP contribution >= 0.6 is 0 Å². The van der Waals surface area contributed by atoms with Crippen LogP contribution in [0, 0.1) is 15.9 Å². The number of sulfonamides is 1. The minimum atomic E-state index is -4.14. The highest BCUT2D eigenvalue weighted by molar-refractivity contribution is 7.89. The molecular weight excluding hydrogens is 329 g/mol. The molecule has 0 aliphatic heterocycles. The van der Waals surface area contributed by atoms with Gasteiger partial charge in [0.1, 0.15) is 0 Å². The van der Waals surface area contributed by atoms with Crippen LogP contribution in [0.2, 0.25) is 0 Å². The molecule has 0 atom stereocenters. The molecule has 8 nitrogen and oxygen atoms in total. The van der Waals surface area contributed by atoms with Crippen molar-refractivity contribution in [1.29, 1.82) is 0 Å². The number of halogens is 1. The molecule has 0 aromatic heterocycles. The molecule has 0 spiro atoms. The summed E-state index contributed by atoms with van der Waals surface area (Å²) in [5.41, 5.74) is -0.936. The Labute approximate surface area is 133 Å². The Balaban J connectivity index is 3.09. The first-order valence-electron chi connectivity index (χ1n) is 6.83. The van der Waals surface area contributed by atoms with E-state index < -0.39 is 43.8 Å². The summed E-state index contributed by atoms with van der Waals surface area (Å²) < 4.78 is 38.8. The zero-order valence-corrected chi connectivity index (χ0v) is 13.8. The first-order valence-corrected chi connectivity index (χ1v) is 8.27. The fourth-order valence-electron chi connectivity index (χ4n) is 1.92. The van der Waals surface area contributed by atoms with Crippen LogP contribution < -0.4 is 0 Å². The molecule has 0 saturated carbocycles. The number of nitro groups is 1. The van der Waals surface area contributed by atoms with Crippen LogP contribution in [-0.4, -0.2) is 55.1 Å². The molecular formula is C13H18FN3O5S. The lowest BCUT2D eigenvalue weighted by atomic mass is 10.3. The summed E-state index contributed by atoms with van der Waals surface area (Å²) >= 11 is 0. The van der Waals surface area contributed by atoms with E-state index >= 15 is 0 Å². The number of hydrogen-bond donors (Lipinski definition) is 0. The zero-order chi connectivity index (χ0) is 17.8. The average Bonchev–Trinajstić information content (AvgIpc) is 2.48. The highest BCUT2D eigenvalue weighted by Crippen LogP contribution is 2.23. The largest absolute Gasteiger partial charge is 0.342 e. The summed E-state index contributed by atoms with van der Waals surface area (Å²) in [5, 5.41) is 10.7. The van der Waals surface area contributed by atoms with Crippen molar-refractivity contribution in [2.24, 2.45) is 0 Å².